The van der Waals surface area contributed by atoms with Crippen molar-refractivity contribution < 1.29 is 4.39 Å². The summed E-state index contributed by atoms with van der Waals surface area (Å²) in [6.07, 6.45) is 0. The lowest BCUT2D eigenvalue weighted by Gasteiger charge is -2.08. The fourth-order valence-corrected chi connectivity index (χ4v) is 2.47. The van der Waals surface area contributed by atoms with Gasteiger partial charge in [0.2, 0.25) is 0 Å². The van der Waals surface area contributed by atoms with Crippen LogP contribution in [-0.4, -0.2) is 9.97 Å². The van der Waals surface area contributed by atoms with Crippen LogP contribution in [0.4, 0.5) is 4.39 Å². The molecule has 0 fully saturated rings. The SMILES string of the molecule is Fc1ccc(Cl)c(-c2cc(=S)nc(-c3ccccc3)[nH]2)c1. The van der Waals surface area contributed by atoms with E-state index >= 15 is 0 Å². The lowest BCUT2D eigenvalue weighted by Crippen LogP contribution is -1.93. The fraction of sp³-hybridized carbons (Fsp3) is 0. The summed E-state index contributed by atoms with van der Waals surface area (Å²) in [4.78, 5) is 7.46. The Kier molecular flexibility index (Phi) is 3.82. The molecule has 0 aliphatic heterocycles. The van der Waals surface area contributed by atoms with Gasteiger partial charge in [0.1, 0.15) is 16.3 Å². The molecule has 1 aromatic heterocycles. The van der Waals surface area contributed by atoms with Crippen LogP contribution in [0.1, 0.15) is 0 Å². The molecule has 0 spiro atoms. The van der Waals surface area contributed by atoms with Gasteiger partial charge in [0.05, 0.1) is 10.7 Å². The first kappa shape index (κ1) is 13.9. The molecule has 0 aliphatic rings. The van der Waals surface area contributed by atoms with Gasteiger partial charge in [-0.25, -0.2) is 9.37 Å². The second-order valence-electron chi connectivity index (χ2n) is 4.47. The zero-order valence-electron chi connectivity index (χ0n) is 10.8. The monoisotopic (exact) mass is 316 g/mol. The molecule has 0 saturated heterocycles. The summed E-state index contributed by atoms with van der Waals surface area (Å²) < 4.78 is 13.9. The smallest absolute Gasteiger partial charge is 0.139 e. The Bertz CT molecular complexity index is 846. The molecule has 2 aromatic carbocycles. The molecule has 21 heavy (non-hydrogen) atoms. The highest BCUT2D eigenvalue weighted by molar-refractivity contribution is 7.71. The molecule has 0 bridgehead atoms. The maximum absolute atomic E-state index is 13.4. The van der Waals surface area contributed by atoms with E-state index < -0.39 is 0 Å². The first-order chi connectivity index (χ1) is 10.1. The molecule has 1 N–H and O–H groups in total. The van der Waals surface area contributed by atoms with E-state index in [1.54, 1.807) is 6.07 Å². The Balaban J connectivity index is 2.19. The first-order valence-electron chi connectivity index (χ1n) is 6.26. The number of nitrogens with one attached hydrogen (secondary N) is 1. The molecule has 0 unspecified atom stereocenters. The molecule has 3 rings (SSSR count). The fourth-order valence-electron chi connectivity index (χ4n) is 2.04. The Labute approximate surface area is 131 Å². The summed E-state index contributed by atoms with van der Waals surface area (Å²) >= 11 is 11.3. The van der Waals surface area contributed by atoms with Crippen LogP contribution in [0.3, 0.4) is 0 Å². The minimum Gasteiger partial charge on any atom is -0.339 e. The Morgan fingerprint density at radius 3 is 2.57 bits per heavy atom. The summed E-state index contributed by atoms with van der Waals surface area (Å²) in [5.41, 5.74) is 2.10. The number of aromatic amines is 1. The van der Waals surface area contributed by atoms with Gasteiger partial charge >= 0.3 is 0 Å². The van der Waals surface area contributed by atoms with Crippen molar-refractivity contribution in [1.82, 2.24) is 9.97 Å². The summed E-state index contributed by atoms with van der Waals surface area (Å²) in [7, 11) is 0. The number of hydrogen-bond acceptors (Lipinski definition) is 2. The standard InChI is InChI=1S/C16H10ClFN2S/c17-13-7-6-11(18)8-12(13)14-9-15(21)20-16(19-14)10-4-2-1-3-5-10/h1-9H,(H,19,20,21). The van der Waals surface area contributed by atoms with E-state index in [-0.39, 0.29) is 5.82 Å². The average molecular weight is 317 g/mol. The molecule has 2 nitrogen and oxygen atoms in total. The van der Waals surface area contributed by atoms with Gasteiger partial charge < -0.3 is 4.98 Å². The van der Waals surface area contributed by atoms with Crippen LogP contribution >= 0.6 is 23.8 Å². The van der Waals surface area contributed by atoms with Gasteiger partial charge in [-0.05, 0) is 24.3 Å². The molecule has 0 atom stereocenters. The maximum Gasteiger partial charge on any atom is 0.139 e. The third kappa shape index (κ3) is 3.01. The molecule has 5 heteroatoms. The van der Waals surface area contributed by atoms with Crippen LogP contribution in [-0.2, 0) is 0 Å². The lowest BCUT2D eigenvalue weighted by atomic mass is 10.1. The minimum absolute atomic E-state index is 0.355. The molecule has 104 valence electrons. The Morgan fingerprint density at radius 2 is 1.81 bits per heavy atom. The van der Waals surface area contributed by atoms with Crippen LogP contribution in [0.2, 0.25) is 5.02 Å². The van der Waals surface area contributed by atoms with Crippen molar-refractivity contribution in [3.8, 4) is 22.6 Å². The number of benzene rings is 2. The van der Waals surface area contributed by atoms with Crippen LogP contribution < -0.4 is 0 Å². The van der Waals surface area contributed by atoms with E-state index in [1.807, 2.05) is 30.3 Å². The second kappa shape index (κ2) is 5.76. The minimum atomic E-state index is -0.355. The first-order valence-corrected chi connectivity index (χ1v) is 7.04. The highest BCUT2D eigenvalue weighted by Gasteiger charge is 2.08. The largest absolute Gasteiger partial charge is 0.339 e. The Hall–Kier alpha value is -2.04. The van der Waals surface area contributed by atoms with Crippen LogP contribution in [0, 0.1) is 10.5 Å². The molecular formula is C16H10ClFN2S. The van der Waals surface area contributed by atoms with Crippen molar-refractivity contribution in [3.63, 3.8) is 0 Å². The topological polar surface area (TPSA) is 28.7 Å². The maximum atomic E-state index is 13.4. The highest BCUT2D eigenvalue weighted by Crippen LogP contribution is 2.28. The van der Waals surface area contributed by atoms with Gasteiger partial charge in [-0.2, -0.15) is 0 Å². The zero-order valence-corrected chi connectivity index (χ0v) is 12.4. The molecule has 0 saturated carbocycles. The van der Waals surface area contributed by atoms with Crippen molar-refractivity contribution in [2.24, 2.45) is 0 Å². The second-order valence-corrected chi connectivity index (χ2v) is 5.30. The van der Waals surface area contributed by atoms with Gasteiger partial charge in [0.15, 0.2) is 0 Å². The molecule has 0 radical (unpaired) electrons. The van der Waals surface area contributed by atoms with E-state index in [1.165, 1.54) is 18.2 Å². The highest BCUT2D eigenvalue weighted by atomic mass is 35.5. The number of rotatable bonds is 2. The quantitative estimate of drug-likeness (QED) is 0.653. The summed E-state index contributed by atoms with van der Waals surface area (Å²) in [6, 6.07) is 15.5. The Morgan fingerprint density at radius 1 is 1.05 bits per heavy atom. The predicted octanol–water partition coefficient (Wildman–Crippen LogP) is 5.27. The molecule has 3 aromatic rings. The number of aromatic nitrogens is 2. The van der Waals surface area contributed by atoms with Crippen molar-refractivity contribution in [2.75, 3.05) is 0 Å². The van der Waals surface area contributed by atoms with E-state index in [4.69, 9.17) is 23.8 Å². The van der Waals surface area contributed by atoms with Crippen LogP contribution in [0.15, 0.2) is 54.6 Å². The molecular weight excluding hydrogens is 307 g/mol. The average Bonchev–Trinajstić information content (AvgIpc) is 2.50. The summed E-state index contributed by atoms with van der Waals surface area (Å²) in [5.74, 6) is 0.269. The summed E-state index contributed by atoms with van der Waals surface area (Å²) in [5, 5.41) is 0.451. The van der Waals surface area contributed by atoms with Gasteiger partial charge in [-0.3, -0.25) is 0 Å². The summed E-state index contributed by atoms with van der Waals surface area (Å²) in [6.45, 7) is 0. The van der Waals surface area contributed by atoms with E-state index in [0.29, 0.717) is 26.7 Å². The molecule has 0 amide bonds. The van der Waals surface area contributed by atoms with Gasteiger partial charge in [0, 0.05) is 11.1 Å². The third-order valence-corrected chi connectivity index (χ3v) is 3.55. The predicted molar refractivity (Wildman–Crippen MR) is 85.3 cm³/mol. The van der Waals surface area contributed by atoms with Crippen LogP contribution in [0.25, 0.3) is 22.6 Å². The molecule has 1 heterocycles. The third-order valence-electron chi connectivity index (χ3n) is 3.01. The van der Waals surface area contributed by atoms with E-state index in [9.17, 15) is 4.39 Å². The normalized spacial score (nSPS) is 10.6. The van der Waals surface area contributed by atoms with Crippen molar-refractivity contribution in [1.29, 1.82) is 0 Å². The van der Waals surface area contributed by atoms with Gasteiger partial charge in [0.25, 0.3) is 0 Å². The number of hydrogen-bond donors (Lipinski definition) is 1. The number of nitrogens with zero attached hydrogens (tertiary/aromatic N) is 1. The van der Waals surface area contributed by atoms with Crippen molar-refractivity contribution in [2.45, 2.75) is 0 Å². The zero-order chi connectivity index (χ0) is 14.8. The lowest BCUT2D eigenvalue weighted by molar-refractivity contribution is 0.628. The van der Waals surface area contributed by atoms with E-state index in [2.05, 4.69) is 9.97 Å². The number of H-pyrrole nitrogens is 1. The van der Waals surface area contributed by atoms with Gasteiger partial charge in [-0.15, -0.1) is 0 Å². The molecule has 0 aliphatic carbocycles. The van der Waals surface area contributed by atoms with E-state index in [0.717, 1.165) is 5.56 Å². The van der Waals surface area contributed by atoms with Gasteiger partial charge in [-0.1, -0.05) is 54.2 Å². The van der Waals surface area contributed by atoms with Crippen molar-refractivity contribution >= 4 is 23.8 Å². The number of halogens is 2. The van der Waals surface area contributed by atoms with Crippen LogP contribution in [0.5, 0.6) is 0 Å². The van der Waals surface area contributed by atoms with Crippen molar-refractivity contribution in [3.05, 3.63) is 70.1 Å².